The van der Waals surface area contributed by atoms with E-state index in [4.69, 9.17) is 27.9 Å². The molecule has 3 heteroatoms. The summed E-state index contributed by atoms with van der Waals surface area (Å²) in [5.41, 5.74) is 0.960. The van der Waals surface area contributed by atoms with E-state index in [1.807, 2.05) is 18.2 Å². The van der Waals surface area contributed by atoms with Crippen molar-refractivity contribution in [1.82, 2.24) is 0 Å². The Hall–Kier alpha value is -0.240. The highest BCUT2D eigenvalue weighted by Crippen LogP contribution is 2.38. The third-order valence-corrected chi connectivity index (χ3v) is 3.27. The quantitative estimate of drug-likeness (QED) is 0.697. The van der Waals surface area contributed by atoms with Gasteiger partial charge in [0.15, 0.2) is 0 Å². The highest BCUT2D eigenvalue weighted by atomic mass is 35.5. The average Bonchev–Trinajstić information content (AvgIpc) is 2.06. The van der Waals surface area contributed by atoms with Crippen molar-refractivity contribution >= 4 is 23.2 Å². The summed E-state index contributed by atoms with van der Waals surface area (Å²) in [6.45, 7) is 2.90. The van der Waals surface area contributed by atoms with Crippen LogP contribution in [-0.4, -0.2) is 6.61 Å². The van der Waals surface area contributed by atoms with Crippen molar-refractivity contribution in [2.75, 3.05) is 6.61 Å². The SMILES string of the molecule is CC1(c2ccc(Cl)c(Cl)c2)CCO1. The minimum Gasteiger partial charge on any atom is -0.370 e. The van der Waals surface area contributed by atoms with Crippen LogP contribution in [-0.2, 0) is 10.3 Å². The van der Waals surface area contributed by atoms with E-state index in [2.05, 4.69) is 6.92 Å². The highest BCUT2D eigenvalue weighted by molar-refractivity contribution is 6.42. The van der Waals surface area contributed by atoms with Gasteiger partial charge in [0, 0.05) is 6.42 Å². The molecule has 13 heavy (non-hydrogen) atoms. The van der Waals surface area contributed by atoms with Gasteiger partial charge in [-0.15, -0.1) is 0 Å². The van der Waals surface area contributed by atoms with Crippen LogP contribution in [0.15, 0.2) is 18.2 Å². The standard InChI is InChI=1S/C10H10Cl2O/c1-10(4-5-13-10)7-2-3-8(11)9(12)6-7/h2-3,6H,4-5H2,1H3. The molecule has 1 saturated heterocycles. The third kappa shape index (κ3) is 1.56. The third-order valence-electron chi connectivity index (χ3n) is 2.53. The van der Waals surface area contributed by atoms with E-state index in [0.29, 0.717) is 10.0 Å². The first-order valence-electron chi connectivity index (χ1n) is 4.21. The Bertz CT molecular complexity index is 332. The van der Waals surface area contributed by atoms with Crippen LogP contribution in [0.4, 0.5) is 0 Å². The summed E-state index contributed by atoms with van der Waals surface area (Å²) in [4.78, 5) is 0. The molecule has 0 aliphatic carbocycles. The Morgan fingerprint density at radius 3 is 2.46 bits per heavy atom. The molecular formula is C10H10Cl2O. The Morgan fingerprint density at radius 1 is 1.31 bits per heavy atom. The second-order valence-corrected chi connectivity index (χ2v) is 4.27. The Morgan fingerprint density at radius 2 is 2.00 bits per heavy atom. The van der Waals surface area contributed by atoms with Crippen LogP contribution < -0.4 is 0 Å². The molecule has 1 heterocycles. The molecule has 2 rings (SSSR count). The normalized spacial score (nSPS) is 27.0. The van der Waals surface area contributed by atoms with Gasteiger partial charge >= 0.3 is 0 Å². The minimum atomic E-state index is -0.145. The molecule has 1 atom stereocenters. The van der Waals surface area contributed by atoms with E-state index < -0.39 is 0 Å². The van der Waals surface area contributed by atoms with Gasteiger partial charge in [-0.2, -0.15) is 0 Å². The van der Waals surface area contributed by atoms with E-state index in [0.717, 1.165) is 18.6 Å². The molecule has 1 nitrogen and oxygen atoms in total. The van der Waals surface area contributed by atoms with Gasteiger partial charge in [-0.25, -0.2) is 0 Å². The first kappa shape index (κ1) is 9.32. The summed E-state index contributed by atoms with van der Waals surface area (Å²) < 4.78 is 5.50. The van der Waals surface area contributed by atoms with Gasteiger partial charge in [-0.1, -0.05) is 29.3 Å². The van der Waals surface area contributed by atoms with Gasteiger partial charge in [0.05, 0.1) is 22.3 Å². The highest BCUT2D eigenvalue weighted by Gasteiger charge is 2.35. The summed E-state index contributed by atoms with van der Waals surface area (Å²) in [5, 5.41) is 1.18. The van der Waals surface area contributed by atoms with E-state index in [-0.39, 0.29) is 5.60 Å². The number of ether oxygens (including phenoxy) is 1. The van der Waals surface area contributed by atoms with Crippen LogP contribution in [0.5, 0.6) is 0 Å². The molecule has 1 fully saturated rings. The fourth-order valence-corrected chi connectivity index (χ4v) is 1.76. The fraction of sp³-hybridized carbons (Fsp3) is 0.400. The number of halogens is 2. The lowest BCUT2D eigenvalue weighted by molar-refractivity contribution is -0.140. The van der Waals surface area contributed by atoms with Crippen LogP contribution in [0.25, 0.3) is 0 Å². The summed E-state index contributed by atoms with van der Waals surface area (Å²) in [6.07, 6.45) is 1.05. The minimum absolute atomic E-state index is 0.145. The number of hydrogen-bond acceptors (Lipinski definition) is 1. The molecule has 0 saturated carbocycles. The maximum Gasteiger partial charge on any atom is 0.0925 e. The predicted molar refractivity (Wildman–Crippen MR) is 54.4 cm³/mol. The molecule has 0 aromatic heterocycles. The van der Waals surface area contributed by atoms with Crippen molar-refractivity contribution in [2.45, 2.75) is 18.9 Å². The molecule has 1 aromatic rings. The predicted octanol–water partition coefficient (Wildman–Crippen LogP) is 3.63. The second kappa shape index (κ2) is 3.16. The van der Waals surface area contributed by atoms with Crippen molar-refractivity contribution < 1.29 is 4.74 Å². The Labute approximate surface area is 87.6 Å². The Balaban J connectivity index is 2.36. The molecule has 1 aliphatic heterocycles. The first-order valence-corrected chi connectivity index (χ1v) is 4.97. The van der Waals surface area contributed by atoms with E-state index in [1.54, 1.807) is 0 Å². The van der Waals surface area contributed by atoms with Crippen molar-refractivity contribution in [3.8, 4) is 0 Å². The zero-order valence-electron chi connectivity index (χ0n) is 7.31. The largest absolute Gasteiger partial charge is 0.370 e. The topological polar surface area (TPSA) is 9.23 Å². The van der Waals surface area contributed by atoms with E-state index >= 15 is 0 Å². The van der Waals surface area contributed by atoms with Gasteiger partial charge < -0.3 is 4.74 Å². The molecular weight excluding hydrogens is 207 g/mol. The van der Waals surface area contributed by atoms with Crippen LogP contribution in [0, 0.1) is 0 Å². The molecule has 70 valence electrons. The van der Waals surface area contributed by atoms with Gasteiger partial charge in [0.2, 0.25) is 0 Å². The van der Waals surface area contributed by atoms with Crippen LogP contribution in [0.1, 0.15) is 18.9 Å². The van der Waals surface area contributed by atoms with Crippen molar-refractivity contribution in [1.29, 1.82) is 0 Å². The summed E-state index contributed by atoms with van der Waals surface area (Å²) in [6, 6.07) is 5.66. The smallest absolute Gasteiger partial charge is 0.0925 e. The molecule has 1 unspecified atom stereocenters. The lowest BCUT2D eigenvalue weighted by Crippen LogP contribution is -2.37. The Kier molecular flexibility index (Phi) is 2.26. The lowest BCUT2D eigenvalue weighted by atomic mass is 9.89. The molecule has 0 spiro atoms. The second-order valence-electron chi connectivity index (χ2n) is 3.46. The number of hydrogen-bond donors (Lipinski definition) is 0. The van der Waals surface area contributed by atoms with Crippen LogP contribution in [0.3, 0.4) is 0 Å². The average molecular weight is 217 g/mol. The summed E-state index contributed by atoms with van der Waals surface area (Å²) in [5.74, 6) is 0. The zero-order chi connectivity index (χ0) is 9.47. The van der Waals surface area contributed by atoms with Gasteiger partial charge in [-0.3, -0.25) is 0 Å². The maximum absolute atomic E-state index is 5.91. The monoisotopic (exact) mass is 216 g/mol. The molecule has 1 aliphatic rings. The van der Waals surface area contributed by atoms with Gasteiger partial charge in [-0.05, 0) is 24.6 Å². The van der Waals surface area contributed by atoms with E-state index in [1.165, 1.54) is 0 Å². The van der Waals surface area contributed by atoms with Crippen LogP contribution >= 0.6 is 23.2 Å². The van der Waals surface area contributed by atoms with Gasteiger partial charge in [0.25, 0.3) is 0 Å². The maximum atomic E-state index is 5.91. The molecule has 0 radical (unpaired) electrons. The number of rotatable bonds is 1. The molecule has 0 bridgehead atoms. The van der Waals surface area contributed by atoms with Crippen LogP contribution in [0.2, 0.25) is 10.0 Å². The summed E-state index contributed by atoms with van der Waals surface area (Å²) in [7, 11) is 0. The number of benzene rings is 1. The molecule has 0 amide bonds. The van der Waals surface area contributed by atoms with Crippen molar-refractivity contribution in [3.05, 3.63) is 33.8 Å². The van der Waals surface area contributed by atoms with Gasteiger partial charge in [0.1, 0.15) is 0 Å². The first-order chi connectivity index (χ1) is 6.12. The summed E-state index contributed by atoms with van der Waals surface area (Å²) >= 11 is 11.7. The zero-order valence-corrected chi connectivity index (χ0v) is 8.82. The van der Waals surface area contributed by atoms with E-state index in [9.17, 15) is 0 Å². The van der Waals surface area contributed by atoms with Crippen molar-refractivity contribution in [3.63, 3.8) is 0 Å². The molecule has 0 N–H and O–H groups in total. The lowest BCUT2D eigenvalue weighted by Gasteiger charge is -2.39. The van der Waals surface area contributed by atoms with Crippen molar-refractivity contribution in [2.24, 2.45) is 0 Å². The molecule has 1 aromatic carbocycles. The fourth-order valence-electron chi connectivity index (χ4n) is 1.46.